The third-order valence-corrected chi connectivity index (χ3v) is 2.98. The smallest absolute Gasteiger partial charge is 0.216 e. The van der Waals surface area contributed by atoms with Crippen LogP contribution in [-0.2, 0) is 34.4 Å². The molecule has 0 aliphatic rings. The topological polar surface area (TPSA) is 103 Å². The second-order valence-corrected chi connectivity index (χ2v) is 6.00. The molecule has 0 aliphatic heterocycles. The van der Waals surface area contributed by atoms with Crippen LogP contribution in [0.15, 0.2) is 0 Å². The molecule has 1 amide bonds. The fourth-order valence-electron chi connectivity index (χ4n) is 0.706. The van der Waals surface area contributed by atoms with E-state index < -0.39 is 10.0 Å². The molecule has 0 aromatic rings. The van der Waals surface area contributed by atoms with Crippen LogP contribution in [0, 0.1) is 0 Å². The van der Waals surface area contributed by atoms with Crippen molar-refractivity contribution in [3.63, 3.8) is 0 Å². The summed E-state index contributed by atoms with van der Waals surface area (Å²) in [5.74, 6) is 0.0394. The number of hydrogen-bond acceptors (Lipinski definition) is 7. The highest BCUT2D eigenvalue weighted by molar-refractivity contribution is 7.88. The Morgan fingerprint density at radius 3 is 1.48 bits per heavy atom. The molecule has 10 heteroatoms. The lowest BCUT2D eigenvalue weighted by atomic mass is 10.6. The van der Waals surface area contributed by atoms with Crippen molar-refractivity contribution in [2.75, 3.05) is 46.4 Å². The van der Waals surface area contributed by atoms with Crippen molar-refractivity contribution < 1.29 is 32.8 Å². The van der Waals surface area contributed by atoms with Gasteiger partial charge in [-0.1, -0.05) is 14.9 Å². The van der Waals surface area contributed by atoms with Crippen molar-refractivity contribution in [2.45, 2.75) is 49.5 Å². The van der Waals surface area contributed by atoms with Crippen LogP contribution in [0.1, 0.15) is 49.5 Å². The minimum atomic E-state index is -3.15. The highest BCUT2D eigenvalue weighted by Gasteiger charge is 2.09. The molecule has 0 saturated heterocycles. The SMILES string of the molecule is C.C.CCNC(C)=O.CCOOCC.CCOOCN(C)S(C)(=O)=O. The predicted octanol–water partition coefficient (Wildman–Crippen LogP) is 2.19. The van der Waals surface area contributed by atoms with Crippen LogP contribution in [-0.4, -0.2) is 65.0 Å². The van der Waals surface area contributed by atoms with E-state index in [1.165, 1.54) is 14.0 Å². The van der Waals surface area contributed by atoms with Crippen LogP contribution in [0.4, 0.5) is 0 Å². The molecule has 0 atom stereocenters. The molecular formula is C15H40N2O7S. The van der Waals surface area contributed by atoms with Crippen molar-refractivity contribution in [3.05, 3.63) is 0 Å². The molecule has 0 bridgehead atoms. The van der Waals surface area contributed by atoms with Gasteiger partial charge in [-0.05, 0) is 27.7 Å². The van der Waals surface area contributed by atoms with Gasteiger partial charge in [0.2, 0.25) is 15.9 Å². The Morgan fingerprint density at radius 2 is 1.28 bits per heavy atom. The molecule has 0 fully saturated rings. The summed E-state index contributed by atoms with van der Waals surface area (Å²) in [5.41, 5.74) is 0. The Hall–Kier alpha value is -0.780. The maximum Gasteiger partial charge on any atom is 0.216 e. The zero-order valence-electron chi connectivity index (χ0n) is 15.2. The third-order valence-electron chi connectivity index (χ3n) is 1.75. The fraction of sp³-hybridized carbons (Fsp3) is 0.933. The van der Waals surface area contributed by atoms with Crippen molar-refractivity contribution in [1.82, 2.24) is 9.62 Å². The summed E-state index contributed by atoms with van der Waals surface area (Å²) < 4.78 is 22.5. The highest BCUT2D eigenvalue weighted by Crippen LogP contribution is 1.92. The average molecular weight is 393 g/mol. The van der Waals surface area contributed by atoms with Gasteiger partial charge in [0.05, 0.1) is 26.1 Å². The second kappa shape index (κ2) is 25.5. The number of hydrogen-bond donors (Lipinski definition) is 1. The van der Waals surface area contributed by atoms with E-state index in [1.807, 2.05) is 20.8 Å². The van der Waals surface area contributed by atoms with Crippen LogP contribution < -0.4 is 5.32 Å². The van der Waals surface area contributed by atoms with E-state index in [0.29, 0.717) is 19.8 Å². The number of carbonyl (C=O) groups excluding carboxylic acids is 1. The van der Waals surface area contributed by atoms with E-state index in [0.717, 1.165) is 17.1 Å². The summed E-state index contributed by atoms with van der Waals surface area (Å²) in [7, 11) is -1.74. The normalized spacial score (nSPS) is 9.44. The molecule has 0 unspecified atom stereocenters. The van der Waals surface area contributed by atoms with Gasteiger partial charge in [0, 0.05) is 20.5 Å². The van der Waals surface area contributed by atoms with Crippen LogP contribution in [0.25, 0.3) is 0 Å². The minimum Gasteiger partial charge on any atom is -0.357 e. The van der Waals surface area contributed by atoms with Crippen LogP contribution >= 0.6 is 0 Å². The van der Waals surface area contributed by atoms with E-state index in [4.69, 9.17) is 0 Å². The first-order chi connectivity index (χ1) is 10.7. The summed E-state index contributed by atoms with van der Waals surface area (Å²) >= 11 is 0. The van der Waals surface area contributed by atoms with Gasteiger partial charge in [-0.25, -0.2) is 28.0 Å². The Kier molecular flexibility index (Phi) is 36.0. The summed E-state index contributed by atoms with van der Waals surface area (Å²) in [5, 5.41) is 2.57. The standard InChI is InChI=1S/C5H13NO4S.C4H9NO.C4H10O2.2CH4/c1-4-9-10-5-6(2)11(3,7)8;1-3-5-4(2)6;1-3-5-6-4-2;;/h4-5H2,1-3H3;3H2,1-2H3,(H,5,6);3-4H2,1-2H3;2*1H4. The molecule has 0 spiro atoms. The maximum absolute atomic E-state index is 10.7. The van der Waals surface area contributed by atoms with E-state index in [-0.39, 0.29) is 27.5 Å². The van der Waals surface area contributed by atoms with Gasteiger partial charge in [-0.3, -0.25) is 4.79 Å². The number of amides is 1. The lowest BCUT2D eigenvalue weighted by molar-refractivity contribution is -0.303. The van der Waals surface area contributed by atoms with Gasteiger partial charge in [0.15, 0.2) is 0 Å². The van der Waals surface area contributed by atoms with Crippen LogP contribution in [0.2, 0.25) is 0 Å². The number of nitrogens with zero attached hydrogens (tertiary/aromatic N) is 1. The quantitative estimate of drug-likeness (QED) is 0.278. The maximum atomic E-state index is 10.7. The molecule has 0 heterocycles. The average Bonchev–Trinajstić information content (AvgIpc) is 2.45. The Morgan fingerprint density at radius 1 is 0.920 bits per heavy atom. The molecule has 25 heavy (non-hydrogen) atoms. The molecule has 0 rings (SSSR count). The Balaban J connectivity index is -0.0000000827. The summed E-state index contributed by atoms with van der Waals surface area (Å²) in [4.78, 5) is 27.9. The van der Waals surface area contributed by atoms with Crippen LogP contribution in [0.3, 0.4) is 0 Å². The van der Waals surface area contributed by atoms with Crippen molar-refractivity contribution in [2.24, 2.45) is 0 Å². The highest BCUT2D eigenvalue weighted by atomic mass is 32.2. The van der Waals surface area contributed by atoms with Gasteiger partial charge < -0.3 is 5.32 Å². The molecule has 0 aromatic carbocycles. The largest absolute Gasteiger partial charge is 0.357 e. The predicted molar refractivity (Wildman–Crippen MR) is 101 cm³/mol. The molecule has 0 radical (unpaired) electrons. The second-order valence-electron chi connectivity index (χ2n) is 3.91. The zero-order chi connectivity index (χ0) is 18.7. The first kappa shape index (κ1) is 35.4. The first-order valence-electron chi connectivity index (χ1n) is 7.31. The van der Waals surface area contributed by atoms with Gasteiger partial charge in [0.25, 0.3) is 0 Å². The summed E-state index contributed by atoms with van der Waals surface area (Å²) in [6, 6.07) is 0. The molecule has 0 aliphatic carbocycles. The van der Waals surface area contributed by atoms with E-state index in [1.54, 1.807) is 6.92 Å². The number of sulfonamides is 1. The fourth-order valence-corrected chi connectivity index (χ4v) is 0.941. The molecule has 9 nitrogen and oxygen atoms in total. The Bertz CT molecular complexity index is 348. The molecule has 0 saturated carbocycles. The third kappa shape index (κ3) is 39.7. The van der Waals surface area contributed by atoms with E-state index >= 15 is 0 Å². The van der Waals surface area contributed by atoms with Crippen LogP contribution in [0.5, 0.6) is 0 Å². The summed E-state index contributed by atoms with van der Waals surface area (Å²) in [6.07, 6.45) is 1.10. The first-order valence-corrected chi connectivity index (χ1v) is 9.16. The lowest BCUT2D eigenvalue weighted by Gasteiger charge is -2.12. The summed E-state index contributed by atoms with van der Waals surface area (Å²) in [6.45, 7) is 11.2. The lowest BCUT2D eigenvalue weighted by Crippen LogP contribution is -2.28. The zero-order valence-corrected chi connectivity index (χ0v) is 16.1. The molecule has 0 aromatic heterocycles. The van der Waals surface area contributed by atoms with E-state index in [2.05, 4.69) is 24.9 Å². The number of nitrogens with one attached hydrogen (secondary N) is 1. The Labute approximate surface area is 154 Å². The molecular weight excluding hydrogens is 352 g/mol. The van der Waals surface area contributed by atoms with E-state index in [9.17, 15) is 13.2 Å². The number of rotatable bonds is 9. The van der Waals surface area contributed by atoms with Gasteiger partial charge in [-0.2, -0.15) is 4.31 Å². The monoisotopic (exact) mass is 392 g/mol. The van der Waals surface area contributed by atoms with Gasteiger partial charge in [-0.15, -0.1) is 0 Å². The van der Waals surface area contributed by atoms with Gasteiger partial charge in [0.1, 0.15) is 6.73 Å². The molecule has 158 valence electrons. The van der Waals surface area contributed by atoms with Gasteiger partial charge >= 0.3 is 0 Å². The van der Waals surface area contributed by atoms with Crippen molar-refractivity contribution in [1.29, 1.82) is 0 Å². The van der Waals surface area contributed by atoms with Crippen molar-refractivity contribution in [3.8, 4) is 0 Å². The minimum absolute atomic E-state index is 0. The van der Waals surface area contributed by atoms with Crippen molar-refractivity contribution >= 4 is 15.9 Å². The number of carbonyl (C=O) groups is 1. The molecule has 1 N–H and O–H groups in total.